The Hall–Kier alpha value is -1.16. The lowest BCUT2D eigenvalue weighted by atomic mass is 9.76. The molecule has 0 aromatic heterocycles. The summed E-state index contributed by atoms with van der Waals surface area (Å²) in [6.07, 6.45) is 2.44. The van der Waals surface area contributed by atoms with Crippen molar-refractivity contribution in [3.8, 4) is 0 Å². The van der Waals surface area contributed by atoms with Crippen molar-refractivity contribution in [2.45, 2.75) is 38.0 Å². The minimum absolute atomic E-state index is 0.116. The summed E-state index contributed by atoms with van der Waals surface area (Å²) in [5, 5.41) is 12.6. The van der Waals surface area contributed by atoms with Crippen molar-refractivity contribution in [1.29, 1.82) is 0 Å². The van der Waals surface area contributed by atoms with Crippen LogP contribution in [0.2, 0.25) is 0 Å². The van der Waals surface area contributed by atoms with Gasteiger partial charge in [-0.05, 0) is 47.6 Å². The number of hydrogen-bond donors (Lipinski definition) is 2. The molecule has 0 atom stereocenters. The molecule has 0 unspecified atom stereocenters. The molecule has 2 aromatic rings. The summed E-state index contributed by atoms with van der Waals surface area (Å²) in [4.78, 5) is 0. The Morgan fingerprint density at radius 3 is 2.19 bits per heavy atom. The van der Waals surface area contributed by atoms with Crippen LogP contribution < -0.4 is 5.32 Å². The van der Waals surface area contributed by atoms with Crippen LogP contribution in [0.4, 0.5) is 0 Å². The molecule has 1 fully saturated rings. The van der Waals surface area contributed by atoms with E-state index in [0.29, 0.717) is 12.0 Å². The van der Waals surface area contributed by atoms with Crippen molar-refractivity contribution in [2.24, 2.45) is 0 Å². The second kappa shape index (κ2) is 6.73. The Morgan fingerprint density at radius 2 is 1.57 bits per heavy atom. The van der Waals surface area contributed by atoms with Crippen molar-refractivity contribution in [3.63, 3.8) is 0 Å². The quantitative estimate of drug-likeness (QED) is 0.858. The SMILES string of the molecule is OCc1ccc(CNC2CC(c3ccc(Br)cc3)C2)cc1. The summed E-state index contributed by atoms with van der Waals surface area (Å²) in [6.45, 7) is 1.02. The largest absolute Gasteiger partial charge is 0.392 e. The second-order valence-electron chi connectivity index (χ2n) is 5.77. The highest BCUT2D eigenvalue weighted by Crippen LogP contribution is 2.37. The standard InChI is InChI=1S/C18H20BrNO/c19-17-7-5-15(6-8-17)16-9-18(10-16)20-11-13-1-3-14(12-21)4-2-13/h1-8,16,18,20-21H,9-12H2. The van der Waals surface area contributed by atoms with Crippen LogP contribution in [-0.2, 0) is 13.2 Å². The van der Waals surface area contributed by atoms with Gasteiger partial charge in [0, 0.05) is 17.1 Å². The zero-order valence-corrected chi connectivity index (χ0v) is 13.5. The van der Waals surface area contributed by atoms with Gasteiger partial charge in [0.15, 0.2) is 0 Å². The Labute approximate surface area is 134 Å². The maximum atomic E-state index is 9.03. The number of hydrogen-bond acceptors (Lipinski definition) is 2. The molecular formula is C18H20BrNO. The number of nitrogens with one attached hydrogen (secondary N) is 1. The first kappa shape index (κ1) is 14.8. The molecule has 2 aromatic carbocycles. The maximum absolute atomic E-state index is 9.03. The van der Waals surface area contributed by atoms with E-state index in [0.717, 1.165) is 16.6 Å². The Morgan fingerprint density at radius 1 is 0.952 bits per heavy atom. The van der Waals surface area contributed by atoms with Crippen LogP contribution >= 0.6 is 15.9 Å². The monoisotopic (exact) mass is 345 g/mol. The van der Waals surface area contributed by atoms with E-state index in [4.69, 9.17) is 5.11 Å². The van der Waals surface area contributed by atoms with E-state index in [9.17, 15) is 0 Å². The molecule has 0 saturated heterocycles. The Kier molecular flexibility index (Phi) is 4.73. The molecule has 0 heterocycles. The number of rotatable bonds is 5. The third kappa shape index (κ3) is 3.73. The topological polar surface area (TPSA) is 32.3 Å². The lowest BCUT2D eigenvalue weighted by molar-refractivity contribution is 0.281. The molecule has 3 heteroatoms. The fourth-order valence-corrected chi connectivity index (χ4v) is 3.08. The lowest BCUT2D eigenvalue weighted by Gasteiger charge is -2.36. The van der Waals surface area contributed by atoms with Crippen molar-refractivity contribution in [3.05, 3.63) is 69.7 Å². The molecule has 2 N–H and O–H groups in total. The summed E-state index contributed by atoms with van der Waals surface area (Å²) in [6, 6.07) is 17.5. The van der Waals surface area contributed by atoms with Crippen molar-refractivity contribution < 1.29 is 5.11 Å². The number of benzene rings is 2. The summed E-state index contributed by atoms with van der Waals surface area (Å²) >= 11 is 3.48. The van der Waals surface area contributed by atoms with E-state index in [2.05, 4.69) is 57.6 Å². The minimum atomic E-state index is 0.116. The van der Waals surface area contributed by atoms with Gasteiger partial charge in [-0.3, -0.25) is 0 Å². The molecule has 1 aliphatic rings. The van der Waals surface area contributed by atoms with Crippen molar-refractivity contribution in [1.82, 2.24) is 5.32 Å². The van der Waals surface area contributed by atoms with Crippen LogP contribution in [0.15, 0.2) is 53.0 Å². The Balaban J connectivity index is 1.45. The first-order chi connectivity index (χ1) is 10.2. The zero-order chi connectivity index (χ0) is 14.7. The molecule has 21 heavy (non-hydrogen) atoms. The van der Waals surface area contributed by atoms with Gasteiger partial charge in [-0.2, -0.15) is 0 Å². The fourth-order valence-electron chi connectivity index (χ4n) is 2.82. The average Bonchev–Trinajstić information content (AvgIpc) is 2.48. The van der Waals surface area contributed by atoms with Gasteiger partial charge in [0.1, 0.15) is 0 Å². The molecule has 2 nitrogen and oxygen atoms in total. The lowest BCUT2D eigenvalue weighted by Crippen LogP contribution is -2.39. The van der Waals surface area contributed by atoms with Gasteiger partial charge in [0.05, 0.1) is 6.61 Å². The molecular weight excluding hydrogens is 326 g/mol. The number of aliphatic hydroxyl groups excluding tert-OH is 1. The van der Waals surface area contributed by atoms with Crippen LogP contribution in [0, 0.1) is 0 Å². The van der Waals surface area contributed by atoms with Gasteiger partial charge < -0.3 is 10.4 Å². The molecule has 0 bridgehead atoms. The van der Waals surface area contributed by atoms with E-state index < -0.39 is 0 Å². The van der Waals surface area contributed by atoms with Crippen LogP contribution in [0.25, 0.3) is 0 Å². The Bertz CT molecular complexity index is 573. The first-order valence-corrected chi connectivity index (χ1v) is 8.21. The molecule has 0 spiro atoms. The normalized spacial score (nSPS) is 21.0. The molecule has 1 aliphatic carbocycles. The molecule has 110 valence electrons. The smallest absolute Gasteiger partial charge is 0.0681 e. The van der Waals surface area contributed by atoms with Crippen LogP contribution in [-0.4, -0.2) is 11.1 Å². The highest BCUT2D eigenvalue weighted by atomic mass is 79.9. The molecule has 3 rings (SSSR count). The summed E-state index contributed by atoms with van der Waals surface area (Å²) in [5.74, 6) is 0.701. The number of halogens is 1. The third-order valence-corrected chi connectivity index (χ3v) is 4.81. The molecule has 0 radical (unpaired) electrons. The van der Waals surface area contributed by atoms with Crippen molar-refractivity contribution >= 4 is 15.9 Å². The van der Waals surface area contributed by atoms with E-state index in [1.54, 1.807) is 0 Å². The van der Waals surface area contributed by atoms with Gasteiger partial charge in [-0.1, -0.05) is 52.3 Å². The van der Waals surface area contributed by atoms with E-state index in [-0.39, 0.29) is 6.61 Å². The van der Waals surface area contributed by atoms with Crippen LogP contribution in [0.5, 0.6) is 0 Å². The first-order valence-electron chi connectivity index (χ1n) is 7.42. The van der Waals surface area contributed by atoms with Crippen LogP contribution in [0.3, 0.4) is 0 Å². The van der Waals surface area contributed by atoms with Gasteiger partial charge in [-0.25, -0.2) is 0 Å². The average molecular weight is 346 g/mol. The zero-order valence-electron chi connectivity index (χ0n) is 11.9. The van der Waals surface area contributed by atoms with Crippen LogP contribution in [0.1, 0.15) is 35.4 Å². The van der Waals surface area contributed by atoms with Gasteiger partial charge >= 0.3 is 0 Å². The summed E-state index contributed by atoms with van der Waals surface area (Å²) < 4.78 is 1.14. The van der Waals surface area contributed by atoms with Gasteiger partial charge in [-0.15, -0.1) is 0 Å². The highest BCUT2D eigenvalue weighted by Gasteiger charge is 2.29. The van der Waals surface area contributed by atoms with Crippen molar-refractivity contribution in [2.75, 3.05) is 0 Å². The van der Waals surface area contributed by atoms with E-state index in [1.165, 1.54) is 24.0 Å². The fraction of sp³-hybridized carbons (Fsp3) is 0.333. The second-order valence-corrected chi connectivity index (χ2v) is 6.69. The molecule has 0 amide bonds. The minimum Gasteiger partial charge on any atom is -0.392 e. The molecule has 0 aliphatic heterocycles. The summed E-state index contributed by atoms with van der Waals surface area (Å²) in [7, 11) is 0. The maximum Gasteiger partial charge on any atom is 0.0681 e. The summed E-state index contributed by atoms with van der Waals surface area (Å²) in [5.41, 5.74) is 3.69. The van der Waals surface area contributed by atoms with E-state index >= 15 is 0 Å². The van der Waals surface area contributed by atoms with E-state index in [1.807, 2.05) is 12.1 Å². The van der Waals surface area contributed by atoms with Gasteiger partial charge in [0.25, 0.3) is 0 Å². The predicted molar refractivity (Wildman–Crippen MR) is 89.1 cm³/mol. The number of aliphatic hydroxyl groups is 1. The van der Waals surface area contributed by atoms with Gasteiger partial charge in [0.2, 0.25) is 0 Å². The highest BCUT2D eigenvalue weighted by molar-refractivity contribution is 9.10. The third-order valence-electron chi connectivity index (χ3n) is 4.28. The molecule has 1 saturated carbocycles. The predicted octanol–water partition coefficient (Wildman–Crippen LogP) is 3.98.